The fraction of sp³-hybridized carbons (Fsp3) is 0.789. The number of methoxy groups -OCH3 is 1. The molecule has 35 nitrogen and oxygen atoms in total. The van der Waals surface area contributed by atoms with Crippen molar-refractivity contribution in [3.8, 4) is 6.42 Å². The minimum atomic E-state index is -1.09. The number of piperidine rings is 5. The molecular weight excluding hydrogens is 1600 g/mol. The monoisotopic (exact) mass is 1740 g/mol. The van der Waals surface area contributed by atoms with Crippen LogP contribution in [0.3, 0.4) is 0 Å². The number of nitrogens with two attached hydrogens (primary N) is 2. The molecule has 115 heavy (non-hydrogen) atoms. The van der Waals surface area contributed by atoms with Crippen molar-refractivity contribution in [3.05, 3.63) is 36.7 Å². The Bertz CT molecular complexity index is 2900. The molecule has 11 N–H and O–H groups in total. The van der Waals surface area contributed by atoms with Crippen LogP contribution in [0.25, 0.3) is 0 Å². The Morgan fingerprint density at radius 2 is 0.809 bits per heavy atom. The standard InChI is InChI=1S/C17H30N2O4.C14H23N3O3.C14H26N2O5.C13H25NO3.C11H21NO3.C3H8O.C2H.2CO2.BrH.ClH.Li.Mg.H4N2.H2O/c1-16(2,3)23-15(21)19-12-9-17(22,10-13-19)8-6-14(20)7-11-18(4)5;1-13(2,3)20-12(18)17-8-5-14(19,6-9-17)10-11-4-7-15-16-11;1-13(2,3)21-12(18)16-8-6-14(19,7-9-16)10-11(17)15(4)20-5;1-5-6-13(16)7-9-14(10-8-13)11(15)17-12(2,3)4;1-10(2,3)15-9(13)12-7-5-11(4,14)6-8-12;1-3-4-2;1-2;2*2-1-3;;;;;1-2;/h7,11,22H,6,8-10,12-13H2,1-5H3;4,7,19H,5-6,8-10H2,1-3H3,(H,15,16);19H,6-10H2,1-5H3;16H,5-10H2,1-4H3;14H,5-8H2,1-4H3;3H2,1-2H3;1H;;;2*1H;;;1-2H2;1H2/q;;;;;;-1;;;;;+1;+2;;/p-2/b11-7+;;;;;;;;;;;;;;. The summed E-state index contributed by atoms with van der Waals surface area (Å²) in [5, 5.41) is 59.3. The number of allylic oxidation sites excluding steroid dienone is 1. The van der Waals surface area contributed by atoms with Crippen molar-refractivity contribution in [2.75, 3.05) is 107 Å². The van der Waals surface area contributed by atoms with Gasteiger partial charge in [-0.1, -0.05) is 13.3 Å². The largest absolute Gasteiger partial charge is 2.00 e. The molecule has 0 bridgehead atoms. The Kier molecular flexibility index (Phi) is 69.2. The smallest absolute Gasteiger partial charge is 1.00 e. The number of H-pyrrole nitrogens is 1. The SMILES string of the molecule is CC(C)(C)OC(=O)N1CCC(O)(Cc2ccn[nH]2)CC1.CC1(O)CCN(C(=O)OC(C)(C)C)CC1.CCCC1(O)CCN(C(=O)OC(C)(C)C)CC1.CCOC.CN(C)/C=C/C(=O)CCC1(O)CCN(C(=O)OC(C)(C)C)CC1.CON(C)C(=O)CC1(O)CCN(C(=O)OC(C)(C)C)CC1.Cl.NN.O=C=O.O=C=O.[Br-].[C-]#C.[Li+].[Mg+2].[OH-]. The number of carbonyl (C=O) groups is 7. The maximum atomic E-state index is 12.0. The molecule has 6 rings (SSSR count). The third-order valence-corrected chi connectivity index (χ3v) is 16.5. The molecule has 1 aromatic heterocycles. The number of ketones is 1. The molecule has 0 aliphatic carbocycles. The van der Waals surface area contributed by atoms with Gasteiger partial charge in [0.1, 0.15) is 28.0 Å². The number of nitrogens with zero attached hydrogens (tertiary/aromatic N) is 8. The third-order valence-electron chi connectivity index (χ3n) is 16.5. The fourth-order valence-corrected chi connectivity index (χ4v) is 10.4. The molecule has 0 saturated carbocycles. The van der Waals surface area contributed by atoms with Crippen LogP contribution < -0.4 is 47.5 Å². The minimum absolute atomic E-state index is 0. The van der Waals surface area contributed by atoms with Gasteiger partial charge in [0.05, 0.1) is 41.5 Å². The molecule has 660 valence electrons. The summed E-state index contributed by atoms with van der Waals surface area (Å²) in [6.45, 7) is 39.3. The Hall–Kier alpha value is -5.71. The van der Waals surface area contributed by atoms with Crippen molar-refractivity contribution in [1.29, 1.82) is 0 Å². The van der Waals surface area contributed by atoms with E-state index in [1.165, 1.54) is 20.2 Å². The molecule has 5 aliphatic rings. The van der Waals surface area contributed by atoms with Gasteiger partial charge < -0.3 is 119 Å². The number of hydroxylamine groups is 2. The molecule has 0 atom stereocenters. The number of nitrogens with one attached hydrogen (secondary N) is 1. The van der Waals surface area contributed by atoms with E-state index in [-0.39, 0.29) is 138 Å². The number of rotatable bonds is 13. The van der Waals surface area contributed by atoms with Crippen molar-refractivity contribution in [1.82, 2.24) is 44.7 Å². The van der Waals surface area contributed by atoms with Gasteiger partial charge in [0, 0.05) is 131 Å². The summed E-state index contributed by atoms with van der Waals surface area (Å²) in [5.41, 5.74) is -5.47. The Morgan fingerprint density at radius 1 is 0.548 bits per heavy atom. The number of terminal acetylenes is 1. The molecule has 39 heteroatoms. The van der Waals surface area contributed by atoms with Gasteiger partial charge in [-0.05, 0) is 207 Å². The van der Waals surface area contributed by atoms with E-state index in [2.05, 4.69) is 40.0 Å². The molecular formula is C76H140BrClLiMgN11O24. The van der Waals surface area contributed by atoms with E-state index in [9.17, 15) is 59.1 Å². The first-order valence-electron chi connectivity index (χ1n) is 36.8. The zero-order valence-electron chi connectivity index (χ0n) is 73.2. The van der Waals surface area contributed by atoms with Crippen LogP contribution >= 0.6 is 12.4 Å². The molecule has 5 saturated heterocycles. The first-order valence-corrected chi connectivity index (χ1v) is 36.8. The number of amides is 6. The van der Waals surface area contributed by atoms with E-state index in [1.54, 1.807) is 55.8 Å². The zero-order chi connectivity index (χ0) is 86.4. The van der Waals surface area contributed by atoms with Crippen molar-refractivity contribution in [2.45, 2.75) is 283 Å². The van der Waals surface area contributed by atoms with Crippen LogP contribution in [0.2, 0.25) is 0 Å². The molecule has 0 aromatic carbocycles. The van der Waals surface area contributed by atoms with E-state index in [1.807, 2.05) is 131 Å². The van der Waals surface area contributed by atoms with Gasteiger partial charge >= 0.3 is 84.7 Å². The van der Waals surface area contributed by atoms with E-state index in [0.29, 0.717) is 149 Å². The van der Waals surface area contributed by atoms with E-state index < -0.39 is 56.0 Å². The zero-order valence-corrected chi connectivity index (χ0v) is 77.1. The Labute approximate surface area is 728 Å². The van der Waals surface area contributed by atoms with Crippen LogP contribution in [-0.2, 0) is 68.4 Å². The second-order valence-electron chi connectivity index (χ2n) is 32.5. The van der Waals surface area contributed by atoms with Crippen molar-refractivity contribution in [3.63, 3.8) is 0 Å². The van der Waals surface area contributed by atoms with Crippen LogP contribution in [0, 0.1) is 12.8 Å². The third kappa shape index (κ3) is 64.0. The number of carbonyl (C=O) groups excluding carboxylic acids is 11. The van der Waals surface area contributed by atoms with Gasteiger partial charge in [0.2, 0.25) is 5.91 Å². The number of aliphatic hydroxyl groups is 5. The number of halogens is 2. The number of hydrogen-bond acceptors (Lipinski definition) is 28. The van der Waals surface area contributed by atoms with Crippen LogP contribution in [0.4, 0.5) is 24.0 Å². The van der Waals surface area contributed by atoms with E-state index >= 15 is 0 Å². The summed E-state index contributed by atoms with van der Waals surface area (Å²) < 4.78 is 31.1. The second-order valence-corrected chi connectivity index (χ2v) is 32.5. The molecule has 6 heterocycles. The summed E-state index contributed by atoms with van der Waals surface area (Å²) in [5.74, 6) is 7.72. The van der Waals surface area contributed by atoms with Crippen molar-refractivity contribution >= 4 is 89.9 Å². The van der Waals surface area contributed by atoms with Crippen LogP contribution in [0.1, 0.15) is 227 Å². The predicted octanol–water partition coefficient (Wildman–Crippen LogP) is 1.74. The second kappa shape index (κ2) is 62.4. The Morgan fingerprint density at radius 3 is 1.04 bits per heavy atom. The maximum absolute atomic E-state index is 12.0. The molecule has 0 spiro atoms. The molecule has 0 unspecified atom stereocenters. The average molecular weight is 1740 g/mol. The molecule has 1 aromatic rings. The van der Waals surface area contributed by atoms with E-state index in [0.717, 1.165) is 30.2 Å². The molecule has 0 radical (unpaired) electrons. The Balaban J connectivity index is -0.000000166. The number of ether oxygens (including phenoxy) is 6. The first-order chi connectivity index (χ1) is 50.5. The molecule has 5 fully saturated rings. The fourth-order valence-electron chi connectivity index (χ4n) is 10.4. The number of likely N-dealkylation sites (tertiary alicyclic amines) is 5. The summed E-state index contributed by atoms with van der Waals surface area (Å²) >= 11 is 0. The number of aromatic nitrogens is 2. The maximum Gasteiger partial charge on any atom is 2.00 e. The van der Waals surface area contributed by atoms with Crippen molar-refractivity contribution in [2.24, 2.45) is 11.7 Å². The average Bonchev–Trinajstić information content (AvgIpc) is 1.70. The minimum Gasteiger partial charge on any atom is -1.00 e. The quantitative estimate of drug-likeness (QED) is 0.0265. The number of hydrogen-bond donors (Lipinski definition) is 8. The van der Waals surface area contributed by atoms with Gasteiger partial charge in [0.25, 0.3) is 0 Å². The normalized spacial score (nSPS) is 16.5. The van der Waals surface area contributed by atoms with Crippen LogP contribution in [-0.4, -0.2) is 317 Å². The number of hydrazine groups is 1. The van der Waals surface area contributed by atoms with Gasteiger partial charge in [-0.2, -0.15) is 24.3 Å². The summed E-state index contributed by atoms with van der Waals surface area (Å²) in [6.07, 6.45) is 21.1. The van der Waals surface area contributed by atoms with Gasteiger partial charge in [-0.15, -0.1) is 12.4 Å². The first kappa shape index (κ1) is 127. The van der Waals surface area contributed by atoms with Gasteiger partial charge in [0.15, 0.2) is 5.78 Å². The number of aromatic amines is 1. The van der Waals surface area contributed by atoms with Gasteiger partial charge in [-0.25, -0.2) is 29.0 Å². The van der Waals surface area contributed by atoms with Crippen molar-refractivity contribution < 1.29 is 153 Å². The predicted molar refractivity (Wildman–Crippen MR) is 423 cm³/mol. The summed E-state index contributed by atoms with van der Waals surface area (Å²) in [4.78, 5) is 130. The topological polar surface area (TPSA) is 487 Å². The summed E-state index contributed by atoms with van der Waals surface area (Å²) in [7, 11) is 8.28. The van der Waals surface area contributed by atoms with Crippen LogP contribution in [0.5, 0.6) is 0 Å². The summed E-state index contributed by atoms with van der Waals surface area (Å²) in [6, 6.07) is 1.86. The van der Waals surface area contributed by atoms with Gasteiger partial charge in [-0.3, -0.25) is 31.2 Å². The van der Waals surface area contributed by atoms with Crippen LogP contribution in [0.15, 0.2) is 24.5 Å². The molecule has 5 aliphatic heterocycles. The molecule has 6 amide bonds. The van der Waals surface area contributed by atoms with E-state index in [4.69, 9.17) is 54.1 Å².